The second kappa shape index (κ2) is 16.0. The van der Waals surface area contributed by atoms with Crippen molar-refractivity contribution >= 4 is 24.5 Å². The van der Waals surface area contributed by atoms with Gasteiger partial charge in [-0.3, -0.25) is 0 Å². The molecular formula is C27H47NO3Sn. The number of nitrogens with one attached hydrogen (secondary N) is 1. The fourth-order valence-corrected chi connectivity index (χ4v) is 19.4. The van der Waals surface area contributed by atoms with E-state index < -0.39 is 18.4 Å². The summed E-state index contributed by atoms with van der Waals surface area (Å²) in [6.07, 6.45) is 12.2. The van der Waals surface area contributed by atoms with Crippen LogP contribution >= 0.6 is 0 Å². The maximum atomic E-state index is 12.5. The monoisotopic (exact) mass is 553 g/mol. The van der Waals surface area contributed by atoms with E-state index in [4.69, 9.17) is 9.47 Å². The van der Waals surface area contributed by atoms with Crippen LogP contribution in [0.25, 0.3) is 0 Å². The minimum atomic E-state index is -2.32. The Morgan fingerprint density at radius 1 is 0.938 bits per heavy atom. The van der Waals surface area contributed by atoms with Gasteiger partial charge in [0, 0.05) is 0 Å². The molecule has 1 N–H and O–H groups in total. The maximum absolute atomic E-state index is 12.5. The van der Waals surface area contributed by atoms with Gasteiger partial charge in [0.25, 0.3) is 0 Å². The van der Waals surface area contributed by atoms with E-state index in [1.807, 2.05) is 30.3 Å². The first kappa shape index (κ1) is 27.5. The fourth-order valence-electron chi connectivity index (χ4n) is 4.91. The van der Waals surface area contributed by atoms with Gasteiger partial charge in [0.05, 0.1) is 0 Å². The molecule has 0 heterocycles. The van der Waals surface area contributed by atoms with Crippen LogP contribution < -0.4 is 5.32 Å². The topological polar surface area (TPSA) is 47.6 Å². The van der Waals surface area contributed by atoms with Crippen LogP contribution in [0.1, 0.15) is 90.5 Å². The van der Waals surface area contributed by atoms with Crippen molar-refractivity contribution < 1.29 is 14.3 Å². The van der Waals surface area contributed by atoms with Crippen LogP contribution in [0.15, 0.2) is 30.3 Å². The van der Waals surface area contributed by atoms with E-state index in [9.17, 15) is 4.79 Å². The number of hydrogen-bond donors (Lipinski definition) is 1. The SMILES string of the molecule is CCC[CH2][Sn]([CH2]CCC)([CH2]CCC)[CH2]OC1CCCCC1NC(=O)OCc1ccccc1. The molecule has 0 radical (unpaired) electrons. The molecule has 1 aromatic carbocycles. The summed E-state index contributed by atoms with van der Waals surface area (Å²) in [6, 6.07) is 9.95. The summed E-state index contributed by atoms with van der Waals surface area (Å²) in [5.41, 5.74) is 1.01. The molecule has 1 aliphatic rings. The Kier molecular flexibility index (Phi) is 13.7. The zero-order valence-electron chi connectivity index (χ0n) is 20.9. The molecule has 1 aromatic rings. The summed E-state index contributed by atoms with van der Waals surface area (Å²) in [5.74, 6) is 0. The zero-order chi connectivity index (χ0) is 23.1. The molecule has 1 fully saturated rings. The average Bonchev–Trinajstić information content (AvgIpc) is 2.83. The third kappa shape index (κ3) is 10.0. The van der Waals surface area contributed by atoms with Gasteiger partial charge < -0.3 is 0 Å². The predicted octanol–water partition coefficient (Wildman–Crippen LogP) is 7.63. The van der Waals surface area contributed by atoms with E-state index in [1.165, 1.54) is 58.3 Å². The van der Waals surface area contributed by atoms with Crippen molar-refractivity contribution in [3.05, 3.63) is 35.9 Å². The van der Waals surface area contributed by atoms with Gasteiger partial charge in [0.2, 0.25) is 0 Å². The standard InChI is InChI=1S/C15H20NO3.3C4H9.Sn/c1-18-14-10-6-5-9-13(14)16-15(17)19-11-12-7-3-2-4-8-12;3*1-3-4-2;/h2-4,7-8,13-14H,1,5-6,9-11H2,(H,16,17);3*1,3-4H2,2H3;. The number of alkyl carbamates (subject to hydrolysis) is 1. The Bertz CT molecular complexity index is 603. The fraction of sp³-hybridized carbons (Fsp3) is 0.741. The third-order valence-electron chi connectivity index (χ3n) is 7.00. The third-order valence-corrected chi connectivity index (χ3v) is 21.3. The Balaban J connectivity index is 1.94. The quantitative estimate of drug-likeness (QED) is 0.228. The normalized spacial score (nSPS) is 19.0. The molecule has 2 rings (SSSR count). The summed E-state index contributed by atoms with van der Waals surface area (Å²) < 4.78 is 17.7. The van der Waals surface area contributed by atoms with Gasteiger partial charge in [0.15, 0.2) is 0 Å². The summed E-state index contributed by atoms with van der Waals surface area (Å²) in [5, 5.41) is 3.14. The molecule has 0 bridgehead atoms. The zero-order valence-corrected chi connectivity index (χ0v) is 23.7. The van der Waals surface area contributed by atoms with E-state index in [1.54, 1.807) is 0 Å². The Morgan fingerprint density at radius 3 is 2.12 bits per heavy atom. The van der Waals surface area contributed by atoms with Crippen LogP contribution in [0.3, 0.4) is 0 Å². The first-order chi connectivity index (χ1) is 15.6. The van der Waals surface area contributed by atoms with Crippen LogP contribution in [0.5, 0.6) is 0 Å². The van der Waals surface area contributed by atoms with Crippen molar-refractivity contribution in [2.45, 2.75) is 117 Å². The number of unbranched alkanes of at least 4 members (excludes halogenated alkanes) is 3. The summed E-state index contributed by atoms with van der Waals surface area (Å²) in [4.78, 5) is 12.5. The van der Waals surface area contributed by atoms with Crippen molar-refractivity contribution in [1.29, 1.82) is 0 Å². The molecule has 0 aromatic heterocycles. The predicted molar refractivity (Wildman–Crippen MR) is 137 cm³/mol. The molecule has 0 saturated heterocycles. The van der Waals surface area contributed by atoms with Gasteiger partial charge in [-0.05, 0) is 0 Å². The van der Waals surface area contributed by atoms with Crippen molar-refractivity contribution in [2.24, 2.45) is 0 Å². The van der Waals surface area contributed by atoms with Crippen LogP contribution in [0.2, 0.25) is 13.3 Å². The number of carbonyl (C=O) groups is 1. The van der Waals surface area contributed by atoms with E-state index in [2.05, 4.69) is 26.1 Å². The number of benzene rings is 1. The summed E-state index contributed by atoms with van der Waals surface area (Å²) in [6.45, 7) is 7.27. The molecule has 4 nitrogen and oxygen atoms in total. The Labute approximate surface area is 201 Å². The van der Waals surface area contributed by atoms with Crippen molar-refractivity contribution in [2.75, 3.05) is 4.62 Å². The number of hydrogen-bond acceptors (Lipinski definition) is 3. The number of ether oxygens (including phenoxy) is 2. The molecule has 1 saturated carbocycles. The number of amides is 1. The second-order valence-corrected chi connectivity index (χ2v) is 23.4. The molecule has 0 aliphatic heterocycles. The van der Waals surface area contributed by atoms with Gasteiger partial charge >= 0.3 is 202 Å². The molecule has 5 heteroatoms. The molecular weight excluding hydrogens is 505 g/mol. The summed E-state index contributed by atoms with van der Waals surface area (Å²) >= 11 is -2.32. The first-order valence-corrected chi connectivity index (χ1v) is 21.3. The van der Waals surface area contributed by atoms with Crippen LogP contribution in [0.4, 0.5) is 4.79 Å². The van der Waals surface area contributed by atoms with E-state index >= 15 is 0 Å². The van der Waals surface area contributed by atoms with E-state index in [-0.39, 0.29) is 18.2 Å². The van der Waals surface area contributed by atoms with Gasteiger partial charge in [-0.15, -0.1) is 0 Å². The minimum absolute atomic E-state index is 0.0829. The van der Waals surface area contributed by atoms with E-state index in [0.29, 0.717) is 6.61 Å². The molecule has 1 amide bonds. The average molecular weight is 552 g/mol. The first-order valence-electron chi connectivity index (χ1n) is 13.2. The Morgan fingerprint density at radius 2 is 1.53 bits per heavy atom. The molecule has 2 unspecified atom stereocenters. The van der Waals surface area contributed by atoms with Gasteiger partial charge in [-0.25, -0.2) is 0 Å². The van der Waals surface area contributed by atoms with Gasteiger partial charge in [-0.2, -0.15) is 0 Å². The molecule has 2 atom stereocenters. The van der Waals surface area contributed by atoms with E-state index in [0.717, 1.165) is 29.4 Å². The van der Waals surface area contributed by atoms with Crippen LogP contribution in [-0.4, -0.2) is 41.2 Å². The van der Waals surface area contributed by atoms with Crippen LogP contribution in [-0.2, 0) is 16.1 Å². The molecule has 0 spiro atoms. The number of carbonyl (C=O) groups excluding carboxylic acids is 1. The summed E-state index contributed by atoms with van der Waals surface area (Å²) in [7, 11) is 0. The van der Waals surface area contributed by atoms with Crippen molar-refractivity contribution in [3.8, 4) is 0 Å². The Hall–Kier alpha value is -0.751. The molecule has 182 valence electrons. The van der Waals surface area contributed by atoms with Crippen molar-refractivity contribution in [3.63, 3.8) is 0 Å². The van der Waals surface area contributed by atoms with Crippen LogP contribution in [0, 0.1) is 0 Å². The number of rotatable bonds is 15. The van der Waals surface area contributed by atoms with Gasteiger partial charge in [0.1, 0.15) is 0 Å². The molecule has 1 aliphatic carbocycles. The van der Waals surface area contributed by atoms with Crippen molar-refractivity contribution in [1.82, 2.24) is 5.32 Å². The molecule has 32 heavy (non-hydrogen) atoms. The second-order valence-electron chi connectivity index (χ2n) is 9.76. The van der Waals surface area contributed by atoms with Gasteiger partial charge in [-0.1, -0.05) is 0 Å².